The number of methoxy groups -OCH3 is 1. The Hall–Kier alpha value is -2.04. The van der Waals surface area contributed by atoms with E-state index in [1.165, 1.54) is 0 Å². The minimum Gasteiger partial charge on any atom is -0.497 e. The average molecular weight is 279 g/mol. The van der Waals surface area contributed by atoms with E-state index in [1.807, 2.05) is 13.8 Å². The van der Waals surface area contributed by atoms with Gasteiger partial charge in [0.05, 0.1) is 19.6 Å². The summed E-state index contributed by atoms with van der Waals surface area (Å²) in [6, 6.07) is 6.51. The molecule has 0 aliphatic rings. The number of hydrogen-bond donors (Lipinski definition) is 2. The summed E-state index contributed by atoms with van der Waals surface area (Å²) in [7, 11) is 1.56. The summed E-state index contributed by atoms with van der Waals surface area (Å²) in [5, 5.41) is 11.7. The third-order valence-corrected chi connectivity index (χ3v) is 2.83. The molecule has 2 N–H and O–H groups in total. The van der Waals surface area contributed by atoms with Crippen LogP contribution in [0.1, 0.15) is 38.3 Å². The van der Waals surface area contributed by atoms with Gasteiger partial charge in [0, 0.05) is 6.42 Å². The molecule has 0 heterocycles. The zero-order chi connectivity index (χ0) is 15.1. The highest BCUT2D eigenvalue weighted by Crippen LogP contribution is 2.20. The molecule has 0 aliphatic heterocycles. The van der Waals surface area contributed by atoms with E-state index >= 15 is 0 Å². The van der Waals surface area contributed by atoms with E-state index in [1.54, 1.807) is 31.4 Å². The Balaban J connectivity index is 2.81. The first-order valence-electron chi connectivity index (χ1n) is 6.57. The van der Waals surface area contributed by atoms with Gasteiger partial charge in [0.25, 0.3) is 0 Å². The Morgan fingerprint density at radius 1 is 1.20 bits per heavy atom. The summed E-state index contributed by atoms with van der Waals surface area (Å²) < 4.78 is 5.06. The van der Waals surface area contributed by atoms with Crippen molar-refractivity contribution >= 4 is 11.9 Å². The molecule has 0 aliphatic carbocycles. The van der Waals surface area contributed by atoms with Crippen molar-refractivity contribution in [2.45, 2.75) is 32.7 Å². The van der Waals surface area contributed by atoms with Gasteiger partial charge < -0.3 is 15.2 Å². The van der Waals surface area contributed by atoms with Crippen LogP contribution in [0.2, 0.25) is 0 Å². The minimum atomic E-state index is -0.948. The van der Waals surface area contributed by atoms with Crippen LogP contribution in [0.4, 0.5) is 0 Å². The van der Waals surface area contributed by atoms with Gasteiger partial charge in [-0.3, -0.25) is 9.59 Å². The lowest BCUT2D eigenvalue weighted by molar-refractivity contribution is -0.137. The summed E-state index contributed by atoms with van der Waals surface area (Å²) in [6.07, 6.45) is 0.239. The number of carboxylic acids is 1. The predicted octanol–water partition coefficient (Wildman–Crippen LogP) is 2.37. The molecular weight excluding hydrogens is 258 g/mol. The number of carbonyl (C=O) groups is 2. The molecule has 1 amide bonds. The van der Waals surface area contributed by atoms with Gasteiger partial charge in [-0.1, -0.05) is 26.0 Å². The molecule has 0 bridgehead atoms. The second-order valence-electron chi connectivity index (χ2n) is 5.09. The number of ether oxygens (including phenoxy) is 1. The molecule has 0 radical (unpaired) electrons. The first kappa shape index (κ1) is 16.0. The van der Waals surface area contributed by atoms with Crippen molar-refractivity contribution in [2.24, 2.45) is 5.92 Å². The fourth-order valence-electron chi connectivity index (χ4n) is 1.89. The van der Waals surface area contributed by atoms with Crippen LogP contribution in [-0.2, 0) is 9.59 Å². The van der Waals surface area contributed by atoms with Crippen molar-refractivity contribution in [3.63, 3.8) is 0 Å². The van der Waals surface area contributed by atoms with Crippen molar-refractivity contribution in [3.05, 3.63) is 29.8 Å². The number of benzene rings is 1. The number of nitrogens with one attached hydrogen (secondary N) is 1. The fraction of sp³-hybridized carbons (Fsp3) is 0.467. The van der Waals surface area contributed by atoms with E-state index in [2.05, 4.69) is 5.32 Å². The number of hydrogen-bond acceptors (Lipinski definition) is 3. The summed E-state index contributed by atoms with van der Waals surface area (Å²) in [4.78, 5) is 22.7. The van der Waals surface area contributed by atoms with Crippen LogP contribution < -0.4 is 10.1 Å². The van der Waals surface area contributed by atoms with E-state index in [4.69, 9.17) is 9.84 Å². The highest BCUT2D eigenvalue weighted by atomic mass is 16.5. The van der Waals surface area contributed by atoms with Crippen LogP contribution in [0, 0.1) is 5.92 Å². The summed E-state index contributed by atoms with van der Waals surface area (Å²) in [6.45, 7) is 3.89. The Bertz CT molecular complexity index is 453. The first-order chi connectivity index (χ1) is 9.42. The van der Waals surface area contributed by atoms with Crippen LogP contribution in [0.5, 0.6) is 5.75 Å². The summed E-state index contributed by atoms with van der Waals surface area (Å²) in [5.74, 6) is -0.162. The normalized spacial score (nSPS) is 12.0. The second kappa shape index (κ2) is 7.53. The average Bonchev–Trinajstić information content (AvgIpc) is 2.36. The van der Waals surface area contributed by atoms with Gasteiger partial charge >= 0.3 is 5.97 Å². The quantitative estimate of drug-likeness (QED) is 0.803. The van der Waals surface area contributed by atoms with E-state index in [0.717, 1.165) is 5.56 Å². The predicted molar refractivity (Wildman–Crippen MR) is 75.6 cm³/mol. The number of aliphatic carboxylic acids is 1. The highest BCUT2D eigenvalue weighted by Gasteiger charge is 2.18. The molecule has 5 heteroatoms. The SMILES string of the molecule is COc1ccc(C(CC(=O)O)NC(=O)CC(C)C)cc1. The molecule has 1 rings (SSSR count). The van der Waals surface area contributed by atoms with Gasteiger partial charge in [-0.05, 0) is 23.6 Å². The Kier molecular flexibility index (Phi) is 6.03. The molecule has 0 aromatic heterocycles. The van der Waals surface area contributed by atoms with Crippen molar-refractivity contribution in [1.82, 2.24) is 5.32 Å². The molecule has 0 fully saturated rings. The van der Waals surface area contributed by atoms with Crippen LogP contribution >= 0.6 is 0 Å². The lowest BCUT2D eigenvalue weighted by atomic mass is 10.0. The number of amides is 1. The van der Waals surface area contributed by atoms with Crippen LogP contribution in [0.25, 0.3) is 0 Å². The van der Waals surface area contributed by atoms with Crippen LogP contribution in [0.3, 0.4) is 0 Å². The maximum atomic E-state index is 11.8. The Morgan fingerprint density at radius 3 is 2.25 bits per heavy atom. The highest BCUT2D eigenvalue weighted by molar-refractivity contribution is 5.77. The van der Waals surface area contributed by atoms with Crippen molar-refractivity contribution in [2.75, 3.05) is 7.11 Å². The topological polar surface area (TPSA) is 75.6 Å². The van der Waals surface area contributed by atoms with Gasteiger partial charge in [0.2, 0.25) is 5.91 Å². The number of carbonyl (C=O) groups excluding carboxylic acids is 1. The summed E-state index contributed by atoms with van der Waals surface area (Å²) in [5.41, 5.74) is 0.755. The number of rotatable bonds is 7. The Labute approximate surface area is 118 Å². The molecule has 20 heavy (non-hydrogen) atoms. The van der Waals surface area contributed by atoms with Gasteiger partial charge in [-0.15, -0.1) is 0 Å². The molecule has 110 valence electrons. The third kappa shape index (κ3) is 5.30. The molecule has 0 saturated carbocycles. The lowest BCUT2D eigenvalue weighted by Crippen LogP contribution is -2.30. The molecule has 0 spiro atoms. The lowest BCUT2D eigenvalue weighted by Gasteiger charge is -2.18. The van der Waals surface area contributed by atoms with Gasteiger partial charge in [-0.2, -0.15) is 0 Å². The Morgan fingerprint density at radius 2 is 1.80 bits per heavy atom. The zero-order valence-electron chi connectivity index (χ0n) is 12.1. The second-order valence-corrected chi connectivity index (χ2v) is 5.09. The molecule has 5 nitrogen and oxygen atoms in total. The standard InChI is InChI=1S/C15H21NO4/c1-10(2)8-14(17)16-13(9-15(18)19)11-4-6-12(20-3)7-5-11/h4-7,10,13H,8-9H2,1-3H3,(H,16,17)(H,18,19). The molecule has 0 saturated heterocycles. The van der Waals surface area contributed by atoms with E-state index < -0.39 is 12.0 Å². The van der Waals surface area contributed by atoms with Crippen molar-refractivity contribution in [3.8, 4) is 5.75 Å². The smallest absolute Gasteiger partial charge is 0.305 e. The van der Waals surface area contributed by atoms with Crippen molar-refractivity contribution in [1.29, 1.82) is 0 Å². The number of carboxylic acid groups (broad SMARTS) is 1. The zero-order valence-corrected chi connectivity index (χ0v) is 12.1. The maximum Gasteiger partial charge on any atom is 0.305 e. The van der Waals surface area contributed by atoms with Gasteiger partial charge in [-0.25, -0.2) is 0 Å². The van der Waals surface area contributed by atoms with Crippen LogP contribution in [0.15, 0.2) is 24.3 Å². The monoisotopic (exact) mass is 279 g/mol. The first-order valence-corrected chi connectivity index (χ1v) is 6.57. The third-order valence-electron chi connectivity index (χ3n) is 2.83. The van der Waals surface area contributed by atoms with Gasteiger partial charge in [0.15, 0.2) is 0 Å². The van der Waals surface area contributed by atoms with E-state index in [0.29, 0.717) is 12.2 Å². The van der Waals surface area contributed by atoms with E-state index in [-0.39, 0.29) is 18.2 Å². The fourth-order valence-corrected chi connectivity index (χ4v) is 1.89. The summed E-state index contributed by atoms with van der Waals surface area (Å²) >= 11 is 0. The molecule has 1 unspecified atom stereocenters. The maximum absolute atomic E-state index is 11.8. The molecule has 1 aromatic carbocycles. The molecule has 1 atom stereocenters. The molecular formula is C15H21NO4. The van der Waals surface area contributed by atoms with Gasteiger partial charge in [0.1, 0.15) is 5.75 Å². The van der Waals surface area contributed by atoms with E-state index in [9.17, 15) is 9.59 Å². The van der Waals surface area contributed by atoms with Crippen LogP contribution in [-0.4, -0.2) is 24.1 Å². The largest absolute Gasteiger partial charge is 0.497 e. The molecule has 1 aromatic rings. The minimum absolute atomic E-state index is 0.137. The van der Waals surface area contributed by atoms with Crippen molar-refractivity contribution < 1.29 is 19.4 Å².